The van der Waals surface area contributed by atoms with Gasteiger partial charge in [0.2, 0.25) is 0 Å². The van der Waals surface area contributed by atoms with Crippen molar-refractivity contribution in [3.63, 3.8) is 0 Å². The Hall–Kier alpha value is -2.07. The van der Waals surface area contributed by atoms with E-state index in [2.05, 4.69) is 55.8 Å². The highest BCUT2D eigenvalue weighted by Crippen LogP contribution is 2.36. The normalized spacial score (nSPS) is 18.0. The van der Waals surface area contributed by atoms with Crippen LogP contribution in [0, 0.1) is 5.92 Å². The topological polar surface area (TPSA) is 51.4 Å². The Bertz CT molecular complexity index is 742. The summed E-state index contributed by atoms with van der Waals surface area (Å²) in [6.45, 7) is 12.2. The molecule has 1 aromatic carbocycles. The highest BCUT2D eigenvalue weighted by Gasteiger charge is 2.25. The molecule has 0 saturated carbocycles. The van der Waals surface area contributed by atoms with Crippen LogP contribution in [0.2, 0.25) is 0 Å². The highest BCUT2D eigenvalue weighted by atomic mass is 16.5. The first-order valence-corrected chi connectivity index (χ1v) is 9.68. The molecule has 1 fully saturated rings. The van der Waals surface area contributed by atoms with E-state index in [1.54, 1.807) is 0 Å². The molecule has 0 amide bonds. The smallest absolute Gasteiger partial charge is 0.129 e. The molecule has 1 aliphatic rings. The molecule has 140 valence electrons. The molecule has 1 aliphatic heterocycles. The van der Waals surface area contributed by atoms with E-state index in [1.807, 2.05) is 18.2 Å². The summed E-state index contributed by atoms with van der Waals surface area (Å²) in [5, 5.41) is 0. The van der Waals surface area contributed by atoms with Crippen LogP contribution in [-0.4, -0.2) is 35.6 Å². The minimum absolute atomic E-state index is 0.117. The number of ether oxygens (including phenoxy) is 1. The predicted octanol–water partition coefficient (Wildman–Crippen LogP) is 4.56. The SMILES string of the molecule is CC(C)CN1CCC(c2ccc(-c3cccc(N)n3)c(OC(C)C)c2)C1. The van der Waals surface area contributed by atoms with Gasteiger partial charge in [0.1, 0.15) is 11.6 Å². The standard InChI is InChI=1S/C22H31N3O/c1-15(2)13-25-11-10-18(14-25)17-8-9-19(21(12-17)26-16(3)4)20-6-5-7-22(23)24-20/h5-9,12,15-16,18H,10-11,13-14H2,1-4H3,(H2,23,24). The van der Waals surface area contributed by atoms with E-state index in [0.29, 0.717) is 17.7 Å². The van der Waals surface area contributed by atoms with Gasteiger partial charge in [0.25, 0.3) is 0 Å². The molecule has 3 rings (SSSR count). The summed E-state index contributed by atoms with van der Waals surface area (Å²) in [4.78, 5) is 7.05. The Morgan fingerprint density at radius 3 is 2.69 bits per heavy atom. The Morgan fingerprint density at radius 1 is 1.19 bits per heavy atom. The van der Waals surface area contributed by atoms with E-state index in [0.717, 1.165) is 23.6 Å². The van der Waals surface area contributed by atoms with Gasteiger partial charge in [-0.25, -0.2) is 4.98 Å². The summed E-state index contributed by atoms with van der Waals surface area (Å²) in [5.41, 5.74) is 9.10. The van der Waals surface area contributed by atoms with E-state index < -0.39 is 0 Å². The van der Waals surface area contributed by atoms with Gasteiger partial charge in [-0.1, -0.05) is 26.0 Å². The molecule has 1 saturated heterocycles. The van der Waals surface area contributed by atoms with Gasteiger partial charge in [-0.05, 0) is 68.5 Å². The molecule has 2 heterocycles. The van der Waals surface area contributed by atoms with Crippen molar-refractivity contribution in [1.29, 1.82) is 0 Å². The maximum absolute atomic E-state index is 6.14. The number of aromatic nitrogens is 1. The number of anilines is 1. The third-order valence-corrected chi connectivity index (χ3v) is 4.78. The van der Waals surface area contributed by atoms with Crippen LogP contribution in [0.1, 0.15) is 45.6 Å². The number of nitrogen functional groups attached to an aromatic ring is 1. The molecule has 2 aromatic rings. The first kappa shape index (κ1) is 18.7. The summed E-state index contributed by atoms with van der Waals surface area (Å²) in [7, 11) is 0. The number of benzene rings is 1. The van der Waals surface area contributed by atoms with Gasteiger partial charge in [-0.3, -0.25) is 0 Å². The van der Waals surface area contributed by atoms with Gasteiger partial charge in [0, 0.05) is 18.7 Å². The monoisotopic (exact) mass is 353 g/mol. The van der Waals surface area contributed by atoms with Crippen LogP contribution >= 0.6 is 0 Å². The average molecular weight is 354 g/mol. The number of nitrogens with zero attached hydrogens (tertiary/aromatic N) is 2. The van der Waals surface area contributed by atoms with Crippen LogP contribution in [0.15, 0.2) is 36.4 Å². The van der Waals surface area contributed by atoms with Crippen LogP contribution < -0.4 is 10.5 Å². The summed E-state index contributed by atoms with van der Waals surface area (Å²) < 4.78 is 6.14. The minimum Gasteiger partial charge on any atom is -0.490 e. The van der Waals surface area contributed by atoms with E-state index in [1.165, 1.54) is 25.1 Å². The first-order chi connectivity index (χ1) is 12.4. The fourth-order valence-corrected chi connectivity index (χ4v) is 3.74. The summed E-state index contributed by atoms with van der Waals surface area (Å²) in [5.74, 6) is 2.72. The van der Waals surface area contributed by atoms with E-state index in [4.69, 9.17) is 10.5 Å². The van der Waals surface area contributed by atoms with Crippen molar-refractivity contribution < 1.29 is 4.74 Å². The Labute approximate surface area is 157 Å². The van der Waals surface area contributed by atoms with Crippen molar-refractivity contribution in [2.24, 2.45) is 5.92 Å². The summed E-state index contributed by atoms with van der Waals surface area (Å²) in [6, 6.07) is 12.3. The third-order valence-electron chi connectivity index (χ3n) is 4.78. The van der Waals surface area contributed by atoms with Crippen LogP contribution in [0.4, 0.5) is 5.82 Å². The lowest BCUT2D eigenvalue weighted by Crippen LogP contribution is -2.24. The third kappa shape index (κ3) is 4.55. The molecule has 26 heavy (non-hydrogen) atoms. The summed E-state index contributed by atoms with van der Waals surface area (Å²) in [6.07, 6.45) is 1.33. The van der Waals surface area contributed by atoms with Crippen molar-refractivity contribution >= 4 is 5.82 Å². The van der Waals surface area contributed by atoms with Crippen LogP contribution in [0.25, 0.3) is 11.3 Å². The lowest BCUT2D eigenvalue weighted by Gasteiger charge is -2.20. The van der Waals surface area contributed by atoms with Crippen LogP contribution in [0.3, 0.4) is 0 Å². The average Bonchev–Trinajstić information content (AvgIpc) is 3.02. The van der Waals surface area contributed by atoms with Gasteiger partial charge in [-0.2, -0.15) is 0 Å². The summed E-state index contributed by atoms with van der Waals surface area (Å²) >= 11 is 0. The largest absolute Gasteiger partial charge is 0.490 e. The second-order valence-electron chi connectivity index (χ2n) is 8.01. The van der Waals surface area contributed by atoms with Gasteiger partial charge in [0.05, 0.1) is 11.8 Å². The van der Waals surface area contributed by atoms with Crippen molar-refractivity contribution in [1.82, 2.24) is 9.88 Å². The molecule has 0 spiro atoms. The van der Waals surface area contributed by atoms with Crippen molar-refractivity contribution in [3.05, 3.63) is 42.0 Å². The molecule has 1 atom stereocenters. The van der Waals surface area contributed by atoms with Crippen LogP contribution in [-0.2, 0) is 0 Å². The number of rotatable bonds is 6. The number of hydrogen-bond donors (Lipinski definition) is 1. The number of hydrogen-bond acceptors (Lipinski definition) is 4. The highest BCUT2D eigenvalue weighted by molar-refractivity contribution is 5.69. The number of likely N-dealkylation sites (tertiary alicyclic amines) is 1. The van der Waals surface area contributed by atoms with Crippen molar-refractivity contribution in [2.75, 3.05) is 25.4 Å². The molecule has 0 aliphatic carbocycles. The molecule has 4 nitrogen and oxygen atoms in total. The lowest BCUT2D eigenvalue weighted by molar-refractivity contribution is 0.243. The van der Waals surface area contributed by atoms with Gasteiger partial charge in [0.15, 0.2) is 0 Å². The predicted molar refractivity (Wildman–Crippen MR) is 108 cm³/mol. The van der Waals surface area contributed by atoms with Crippen molar-refractivity contribution in [2.45, 2.75) is 46.1 Å². The maximum atomic E-state index is 6.14. The van der Waals surface area contributed by atoms with Crippen LogP contribution in [0.5, 0.6) is 5.75 Å². The molecular formula is C22H31N3O. The molecule has 1 aromatic heterocycles. The zero-order chi connectivity index (χ0) is 18.7. The van der Waals surface area contributed by atoms with E-state index in [9.17, 15) is 0 Å². The Balaban J connectivity index is 1.87. The Morgan fingerprint density at radius 2 is 2.00 bits per heavy atom. The van der Waals surface area contributed by atoms with Gasteiger partial charge >= 0.3 is 0 Å². The molecule has 0 radical (unpaired) electrons. The molecular weight excluding hydrogens is 322 g/mol. The fourth-order valence-electron chi connectivity index (χ4n) is 3.74. The quantitative estimate of drug-likeness (QED) is 0.827. The van der Waals surface area contributed by atoms with E-state index >= 15 is 0 Å². The second-order valence-corrected chi connectivity index (χ2v) is 8.01. The number of nitrogens with two attached hydrogens (primary N) is 1. The first-order valence-electron chi connectivity index (χ1n) is 9.68. The maximum Gasteiger partial charge on any atom is 0.129 e. The molecule has 2 N–H and O–H groups in total. The second kappa shape index (κ2) is 8.09. The molecule has 4 heteroatoms. The van der Waals surface area contributed by atoms with Gasteiger partial charge in [-0.15, -0.1) is 0 Å². The van der Waals surface area contributed by atoms with Gasteiger partial charge < -0.3 is 15.4 Å². The fraction of sp³-hybridized carbons (Fsp3) is 0.500. The molecule has 1 unspecified atom stereocenters. The number of pyridine rings is 1. The van der Waals surface area contributed by atoms with Crippen molar-refractivity contribution in [3.8, 4) is 17.0 Å². The zero-order valence-corrected chi connectivity index (χ0v) is 16.4. The minimum atomic E-state index is 0.117. The van der Waals surface area contributed by atoms with E-state index in [-0.39, 0.29) is 6.10 Å². The Kier molecular flexibility index (Phi) is 5.82. The lowest BCUT2D eigenvalue weighted by atomic mass is 9.96. The molecule has 0 bridgehead atoms. The zero-order valence-electron chi connectivity index (χ0n) is 16.4.